The first-order chi connectivity index (χ1) is 9.47. The second kappa shape index (κ2) is 6.43. The molecular weight excluding hydrogens is 303 g/mol. The van der Waals surface area contributed by atoms with Gasteiger partial charge < -0.3 is 15.8 Å². The van der Waals surface area contributed by atoms with Crippen LogP contribution >= 0.6 is 23.2 Å². The number of carbonyl (C=O) groups excluding carboxylic acids is 2. The maximum absolute atomic E-state index is 12.0. The van der Waals surface area contributed by atoms with Crippen molar-refractivity contribution < 1.29 is 14.3 Å². The monoisotopic (exact) mass is 316 g/mol. The van der Waals surface area contributed by atoms with Gasteiger partial charge in [-0.05, 0) is 31.0 Å². The number of ether oxygens (including phenoxy) is 1. The summed E-state index contributed by atoms with van der Waals surface area (Å²) in [6.07, 6.45) is 0.498. The predicted molar refractivity (Wildman–Crippen MR) is 75.9 cm³/mol. The van der Waals surface area contributed by atoms with E-state index in [2.05, 4.69) is 5.32 Å². The molecule has 1 aliphatic rings. The number of amides is 2. The number of hydrogen-bond donors (Lipinski definition) is 2. The van der Waals surface area contributed by atoms with E-state index < -0.39 is 12.0 Å². The molecule has 108 valence electrons. The van der Waals surface area contributed by atoms with Crippen molar-refractivity contribution in [1.82, 2.24) is 5.32 Å². The molecule has 1 saturated heterocycles. The van der Waals surface area contributed by atoms with Gasteiger partial charge in [0, 0.05) is 11.6 Å². The normalized spacial score (nSPS) is 21.7. The van der Waals surface area contributed by atoms with Gasteiger partial charge in [-0.2, -0.15) is 0 Å². The molecule has 2 amide bonds. The largest absolute Gasteiger partial charge is 0.367 e. The smallest absolute Gasteiger partial charge is 0.252 e. The molecule has 0 unspecified atom stereocenters. The summed E-state index contributed by atoms with van der Waals surface area (Å²) in [6.45, 7) is 0.307. The SMILES string of the molecule is NC(=O)[C@H]1CC[C@H](CNC(=O)c2ccc(Cl)cc2Cl)O1. The van der Waals surface area contributed by atoms with Crippen LogP contribution in [0.1, 0.15) is 23.2 Å². The summed E-state index contributed by atoms with van der Waals surface area (Å²) in [5, 5.41) is 3.47. The van der Waals surface area contributed by atoms with E-state index in [4.69, 9.17) is 33.7 Å². The molecule has 1 fully saturated rings. The van der Waals surface area contributed by atoms with Gasteiger partial charge in [-0.25, -0.2) is 0 Å². The van der Waals surface area contributed by atoms with Crippen LogP contribution in [0, 0.1) is 0 Å². The van der Waals surface area contributed by atoms with Gasteiger partial charge in [0.1, 0.15) is 6.10 Å². The summed E-state index contributed by atoms with van der Waals surface area (Å²) in [4.78, 5) is 22.9. The summed E-state index contributed by atoms with van der Waals surface area (Å²) >= 11 is 11.7. The van der Waals surface area contributed by atoms with Crippen molar-refractivity contribution in [3.05, 3.63) is 33.8 Å². The van der Waals surface area contributed by atoms with Gasteiger partial charge in [-0.3, -0.25) is 9.59 Å². The molecule has 3 N–H and O–H groups in total. The molecule has 1 heterocycles. The van der Waals surface area contributed by atoms with E-state index in [0.29, 0.717) is 30.0 Å². The number of halogens is 2. The summed E-state index contributed by atoms with van der Waals surface area (Å²) in [5.74, 6) is -0.780. The average molecular weight is 317 g/mol. The zero-order valence-electron chi connectivity index (χ0n) is 10.6. The molecule has 2 rings (SSSR count). The Morgan fingerprint density at radius 3 is 2.70 bits per heavy atom. The lowest BCUT2D eigenvalue weighted by Crippen LogP contribution is -2.34. The van der Waals surface area contributed by atoms with Crippen molar-refractivity contribution in [3.8, 4) is 0 Å². The van der Waals surface area contributed by atoms with Crippen molar-refractivity contribution in [2.45, 2.75) is 25.0 Å². The topological polar surface area (TPSA) is 81.4 Å². The van der Waals surface area contributed by atoms with Crippen LogP contribution in [0.4, 0.5) is 0 Å². The van der Waals surface area contributed by atoms with Crippen LogP contribution in [0.15, 0.2) is 18.2 Å². The standard InChI is InChI=1S/C13H14Cl2N2O3/c14-7-1-3-9(10(15)5-7)13(19)17-6-8-2-4-11(20-8)12(16)18/h1,3,5,8,11H,2,4,6H2,(H2,16,18)(H,17,19)/t8-,11-/m1/s1. The Hall–Kier alpha value is -1.30. The number of primary amides is 1. The summed E-state index contributed by atoms with van der Waals surface area (Å²) < 4.78 is 5.42. The highest BCUT2D eigenvalue weighted by molar-refractivity contribution is 6.36. The lowest BCUT2D eigenvalue weighted by Gasteiger charge is -2.13. The zero-order chi connectivity index (χ0) is 14.7. The van der Waals surface area contributed by atoms with Gasteiger partial charge in [-0.15, -0.1) is 0 Å². The third-order valence-corrected chi connectivity index (χ3v) is 3.64. The van der Waals surface area contributed by atoms with Gasteiger partial charge in [-0.1, -0.05) is 23.2 Å². The predicted octanol–water partition coefficient (Wildman–Crippen LogP) is 1.76. The number of rotatable bonds is 4. The maximum atomic E-state index is 12.0. The summed E-state index contributed by atoms with van der Waals surface area (Å²) in [6, 6.07) is 4.66. The van der Waals surface area contributed by atoms with E-state index in [0.717, 1.165) is 0 Å². The fourth-order valence-corrected chi connectivity index (χ4v) is 2.53. The van der Waals surface area contributed by atoms with Crippen LogP contribution in [0.3, 0.4) is 0 Å². The first-order valence-corrected chi connectivity index (χ1v) is 6.91. The molecule has 0 aromatic heterocycles. The van der Waals surface area contributed by atoms with Gasteiger partial charge in [0.15, 0.2) is 0 Å². The molecule has 0 aliphatic carbocycles. The Morgan fingerprint density at radius 2 is 2.10 bits per heavy atom. The summed E-state index contributed by atoms with van der Waals surface area (Å²) in [5.41, 5.74) is 5.51. The molecule has 7 heteroatoms. The first-order valence-electron chi connectivity index (χ1n) is 6.15. The number of nitrogens with one attached hydrogen (secondary N) is 1. The second-order valence-electron chi connectivity index (χ2n) is 4.56. The van der Waals surface area contributed by atoms with Gasteiger partial charge in [0.25, 0.3) is 5.91 Å². The van der Waals surface area contributed by atoms with E-state index in [1.54, 1.807) is 12.1 Å². The van der Waals surface area contributed by atoms with E-state index in [1.807, 2.05) is 0 Å². The van der Waals surface area contributed by atoms with Crippen LogP contribution < -0.4 is 11.1 Å². The number of carbonyl (C=O) groups is 2. The molecule has 1 aromatic rings. The number of hydrogen-bond acceptors (Lipinski definition) is 3. The molecule has 0 saturated carbocycles. The highest BCUT2D eigenvalue weighted by Crippen LogP contribution is 2.22. The Morgan fingerprint density at radius 1 is 1.35 bits per heavy atom. The lowest BCUT2D eigenvalue weighted by molar-refractivity contribution is -0.128. The zero-order valence-corrected chi connectivity index (χ0v) is 12.1. The first kappa shape index (κ1) is 15.1. The second-order valence-corrected chi connectivity index (χ2v) is 5.40. The number of benzene rings is 1. The van der Waals surface area contributed by atoms with Crippen molar-refractivity contribution in [3.63, 3.8) is 0 Å². The molecule has 1 aliphatic heterocycles. The molecule has 1 aromatic carbocycles. The van der Waals surface area contributed by atoms with Crippen LogP contribution in [0.2, 0.25) is 10.0 Å². The Balaban J connectivity index is 1.88. The average Bonchev–Trinajstić information content (AvgIpc) is 2.85. The molecule has 0 bridgehead atoms. The highest BCUT2D eigenvalue weighted by atomic mass is 35.5. The quantitative estimate of drug-likeness (QED) is 0.888. The Bertz CT molecular complexity index is 536. The van der Waals surface area contributed by atoms with Crippen LogP contribution in [-0.2, 0) is 9.53 Å². The Kier molecular flexibility index (Phi) is 4.86. The fourth-order valence-electron chi connectivity index (χ4n) is 2.04. The molecule has 2 atom stereocenters. The minimum atomic E-state index is -0.559. The van der Waals surface area contributed by atoms with Crippen molar-refractivity contribution in [1.29, 1.82) is 0 Å². The van der Waals surface area contributed by atoms with E-state index in [-0.39, 0.29) is 17.0 Å². The molecule has 5 nitrogen and oxygen atoms in total. The van der Waals surface area contributed by atoms with E-state index >= 15 is 0 Å². The third-order valence-electron chi connectivity index (χ3n) is 3.09. The van der Waals surface area contributed by atoms with Gasteiger partial charge >= 0.3 is 0 Å². The van der Waals surface area contributed by atoms with E-state index in [9.17, 15) is 9.59 Å². The van der Waals surface area contributed by atoms with Crippen LogP contribution in [0.5, 0.6) is 0 Å². The van der Waals surface area contributed by atoms with Gasteiger partial charge in [0.05, 0.1) is 16.7 Å². The van der Waals surface area contributed by atoms with Gasteiger partial charge in [0.2, 0.25) is 5.91 Å². The molecule has 20 heavy (non-hydrogen) atoms. The lowest BCUT2D eigenvalue weighted by atomic mass is 10.1. The molecular formula is C13H14Cl2N2O3. The Labute approximate surface area is 126 Å². The number of nitrogens with two attached hydrogens (primary N) is 1. The minimum Gasteiger partial charge on any atom is -0.367 e. The van der Waals surface area contributed by atoms with E-state index in [1.165, 1.54) is 6.07 Å². The summed E-state index contributed by atoms with van der Waals surface area (Å²) in [7, 11) is 0. The highest BCUT2D eigenvalue weighted by Gasteiger charge is 2.29. The van der Waals surface area contributed by atoms with Crippen molar-refractivity contribution in [2.24, 2.45) is 5.73 Å². The third kappa shape index (κ3) is 3.62. The van der Waals surface area contributed by atoms with Crippen LogP contribution in [0.25, 0.3) is 0 Å². The maximum Gasteiger partial charge on any atom is 0.252 e. The minimum absolute atomic E-state index is 0.206. The fraction of sp³-hybridized carbons (Fsp3) is 0.385. The van der Waals surface area contributed by atoms with Crippen molar-refractivity contribution >= 4 is 35.0 Å². The van der Waals surface area contributed by atoms with Crippen LogP contribution in [-0.4, -0.2) is 30.6 Å². The molecule has 0 spiro atoms. The van der Waals surface area contributed by atoms with Crippen molar-refractivity contribution in [2.75, 3.05) is 6.54 Å². The molecule has 0 radical (unpaired) electrons.